The smallest absolute Gasteiger partial charge is 0.272 e. The SMILES string of the molecule is CCn1nc(C2CC2)cc1C(=O)N1CCN(C(C)C)CCCN(C(C)=O)c2cc(Cl)ccc2C1. The summed E-state index contributed by atoms with van der Waals surface area (Å²) in [5.41, 5.74) is 3.39. The van der Waals surface area contributed by atoms with Crippen LogP contribution >= 0.6 is 11.6 Å². The molecule has 2 aromatic rings. The van der Waals surface area contributed by atoms with E-state index < -0.39 is 0 Å². The highest BCUT2D eigenvalue weighted by atomic mass is 35.5. The molecule has 1 aromatic heterocycles. The number of hydrogen-bond donors (Lipinski definition) is 0. The first-order chi connectivity index (χ1) is 16.3. The van der Waals surface area contributed by atoms with E-state index >= 15 is 0 Å². The first kappa shape index (κ1) is 24.7. The summed E-state index contributed by atoms with van der Waals surface area (Å²) in [4.78, 5) is 32.6. The van der Waals surface area contributed by atoms with E-state index in [9.17, 15) is 9.59 Å². The zero-order valence-electron chi connectivity index (χ0n) is 20.8. The quantitative estimate of drug-likeness (QED) is 0.637. The van der Waals surface area contributed by atoms with E-state index in [1.807, 2.05) is 40.8 Å². The van der Waals surface area contributed by atoms with Gasteiger partial charge in [-0.05, 0) is 63.8 Å². The molecule has 8 heteroatoms. The van der Waals surface area contributed by atoms with Crippen molar-refractivity contribution in [3.05, 3.63) is 46.2 Å². The molecule has 1 aromatic carbocycles. The van der Waals surface area contributed by atoms with Gasteiger partial charge >= 0.3 is 0 Å². The fourth-order valence-electron chi connectivity index (χ4n) is 4.73. The van der Waals surface area contributed by atoms with Crippen molar-refractivity contribution < 1.29 is 9.59 Å². The van der Waals surface area contributed by atoms with E-state index in [0.717, 1.165) is 49.3 Å². The van der Waals surface area contributed by atoms with Crippen molar-refractivity contribution in [1.29, 1.82) is 0 Å². The lowest BCUT2D eigenvalue weighted by Crippen LogP contribution is -2.41. The molecule has 184 valence electrons. The van der Waals surface area contributed by atoms with Gasteiger partial charge in [0.25, 0.3) is 5.91 Å². The number of carbonyl (C=O) groups is 2. The molecule has 4 rings (SSSR count). The second-order valence-corrected chi connectivity index (χ2v) is 10.1. The maximum atomic E-state index is 13.9. The molecule has 34 heavy (non-hydrogen) atoms. The largest absolute Gasteiger partial charge is 0.332 e. The molecule has 0 unspecified atom stereocenters. The van der Waals surface area contributed by atoms with Gasteiger partial charge < -0.3 is 9.80 Å². The van der Waals surface area contributed by atoms with Gasteiger partial charge in [-0.15, -0.1) is 0 Å². The number of amides is 2. The highest BCUT2D eigenvalue weighted by Gasteiger charge is 2.30. The van der Waals surface area contributed by atoms with Crippen molar-refractivity contribution >= 4 is 29.1 Å². The first-order valence-corrected chi connectivity index (χ1v) is 12.8. The van der Waals surface area contributed by atoms with Crippen LogP contribution in [0.1, 0.15) is 74.6 Å². The van der Waals surface area contributed by atoms with Crippen LogP contribution in [0.3, 0.4) is 0 Å². The summed E-state index contributed by atoms with van der Waals surface area (Å²) in [5, 5.41) is 5.30. The average molecular weight is 486 g/mol. The lowest BCUT2D eigenvalue weighted by Gasteiger charge is -2.30. The molecule has 1 aliphatic carbocycles. The predicted octanol–water partition coefficient (Wildman–Crippen LogP) is 4.54. The molecule has 0 bridgehead atoms. The van der Waals surface area contributed by atoms with E-state index in [-0.39, 0.29) is 11.8 Å². The van der Waals surface area contributed by atoms with Crippen molar-refractivity contribution in [2.75, 3.05) is 31.1 Å². The molecule has 1 fully saturated rings. The van der Waals surface area contributed by atoms with Gasteiger partial charge in [-0.1, -0.05) is 17.7 Å². The molecule has 0 spiro atoms. The molecule has 2 amide bonds. The monoisotopic (exact) mass is 485 g/mol. The second kappa shape index (κ2) is 10.5. The van der Waals surface area contributed by atoms with Crippen LogP contribution in [0.4, 0.5) is 5.69 Å². The summed E-state index contributed by atoms with van der Waals surface area (Å²) < 4.78 is 1.84. The average Bonchev–Trinajstić information content (AvgIpc) is 3.56. The number of fused-ring (bicyclic) bond motifs is 1. The lowest BCUT2D eigenvalue weighted by molar-refractivity contribution is -0.116. The summed E-state index contributed by atoms with van der Waals surface area (Å²) in [7, 11) is 0. The van der Waals surface area contributed by atoms with Crippen LogP contribution in [0.15, 0.2) is 24.3 Å². The van der Waals surface area contributed by atoms with Crippen LogP contribution in [-0.4, -0.2) is 63.6 Å². The molecule has 0 N–H and O–H groups in total. The standard InChI is InChI=1S/C26H36ClN5O2/c1-5-32-25(16-23(28-32)20-7-8-20)26(34)30-14-13-29(18(2)3)11-6-12-31(19(4)33)24-15-22(27)10-9-21(24)17-30/h9-10,15-16,18,20H,5-8,11-14,17H2,1-4H3. The Labute approximate surface area is 207 Å². The predicted molar refractivity (Wildman–Crippen MR) is 135 cm³/mol. The third-order valence-electron chi connectivity index (χ3n) is 6.89. The Bertz CT molecular complexity index is 1050. The van der Waals surface area contributed by atoms with Crippen LogP contribution < -0.4 is 4.90 Å². The van der Waals surface area contributed by atoms with E-state index in [0.29, 0.717) is 48.9 Å². The molecular weight excluding hydrogens is 450 g/mol. The van der Waals surface area contributed by atoms with Crippen molar-refractivity contribution in [2.45, 2.75) is 72.0 Å². The van der Waals surface area contributed by atoms with E-state index in [1.165, 1.54) is 0 Å². The molecule has 2 aliphatic rings. The Morgan fingerprint density at radius 3 is 2.53 bits per heavy atom. The first-order valence-electron chi connectivity index (χ1n) is 12.5. The van der Waals surface area contributed by atoms with Gasteiger partial charge in [0.15, 0.2) is 0 Å². The maximum absolute atomic E-state index is 13.9. The van der Waals surface area contributed by atoms with E-state index in [4.69, 9.17) is 16.7 Å². The summed E-state index contributed by atoms with van der Waals surface area (Å²) in [6.45, 7) is 11.9. The molecule has 1 aliphatic heterocycles. The second-order valence-electron chi connectivity index (χ2n) is 9.70. The van der Waals surface area contributed by atoms with Crippen molar-refractivity contribution in [2.24, 2.45) is 0 Å². The number of halogens is 1. The molecular formula is C26H36ClN5O2. The van der Waals surface area contributed by atoms with Gasteiger partial charge in [0.05, 0.1) is 11.4 Å². The number of anilines is 1. The third kappa shape index (κ3) is 5.47. The minimum atomic E-state index is -0.0186. The Hall–Kier alpha value is -2.38. The van der Waals surface area contributed by atoms with Crippen LogP contribution in [0, 0.1) is 0 Å². The maximum Gasteiger partial charge on any atom is 0.272 e. The van der Waals surface area contributed by atoms with Crippen LogP contribution in [0.25, 0.3) is 0 Å². The Morgan fingerprint density at radius 1 is 1.12 bits per heavy atom. The normalized spacial score (nSPS) is 18.1. The van der Waals surface area contributed by atoms with Crippen molar-refractivity contribution in [3.63, 3.8) is 0 Å². The number of hydrogen-bond acceptors (Lipinski definition) is 4. The van der Waals surface area contributed by atoms with Crippen molar-refractivity contribution in [3.8, 4) is 0 Å². The number of benzene rings is 1. The molecule has 2 heterocycles. The molecule has 1 saturated carbocycles. The van der Waals surface area contributed by atoms with Crippen LogP contribution in [-0.2, 0) is 17.9 Å². The molecule has 0 saturated heterocycles. The van der Waals surface area contributed by atoms with Gasteiger partial charge in [0.2, 0.25) is 5.91 Å². The summed E-state index contributed by atoms with van der Waals surface area (Å²) in [6.07, 6.45) is 3.15. The van der Waals surface area contributed by atoms with Gasteiger partial charge in [-0.2, -0.15) is 5.10 Å². The number of carbonyl (C=O) groups excluding carboxylic acids is 2. The third-order valence-corrected chi connectivity index (χ3v) is 7.13. The Balaban J connectivity index is 1.72. The number of aromatic nitrogens is 2. The number of nitrogens with zero attached hydrogens (tertiary/aromatic N) is 5. The van der Waals surface area contributed by atoms with Gasteiger partial charge in [0, 0.05) is 63.2 Å². The van der Waals surface area contributed by atoms with Gasteiger partial charge in [-0.25, -0.2) is 0 Å². The summed E-state index contributed by atoms with van der Waals surface area (Å²) >= 11 is 6.35. The molecule has 0 radical (unpaired) electrons. The topological polar surface area (TPSA) is 61.7 Å². The lowest BCUT2D eigenvalue weighted by atomic mass is 10.1. The van der Waals surface area contributed by atoms with E-state index in [1.54, 1.807) is 11.8 Å². The van der Waals surface area contributed by atoms with Gasteiger partial charge in [0.1, 0.15) is 5.69 Å². The zero-order chi connectivity index (χ0) is 24.4. The summed E-state index contributed by atoms with van der Waals surface area (Å²) in [5.74, 6) is 0.458. The molecule has 7 nitrogen and oxygen atoms in total. The number of rotatable bonds is 4. The fourth-order valence-corrected chi connectivity index (χ4v) is 4.89. The highest BCUT2D eigenvalue weighted by molar-refractivity contribution is 6.31. The van der Waals surface area contributed by atoms with Gasteiger partial charge in [-0.3, -0.25) is 19.2 Å². The highest BCUT2D eigenvalue weighted by Crippen LogP contribution is 2.39. The Morgan fingerprint density at radius 2 is 1.88 bits per heavy atom. The minimum absolute atomic E-state index is 0.0144. The Kier molecular flexibility index (Phi) is 7.63. The van der Waals surface area contributed by atoms with E-state index in [2.05, 4.69) is 18.7 Å². The molecule has 0 atom stereocenters. The minimum Gasteiger partial charge on any atom is -0.332 e. The van der Waals surface area contributed by atoms with Crippen molar-refractivity contribution in [1.82, 2.24) is 19.6 Å². The summed E-state index contributed by atoms with van der Waals surface area (Å²) in [6, 6.07) is 7.96. The zero-order valence-corrected chi connectivity index (χ0v) is 21.5. The van der Waals surface area contributed by atoms with Crippen LogP contribution in [0.2, 0.25) is 5.02 Å². The number of aryl methyl sites for hydroxylation is 1. The van der Waals surface area contributed by atoms with Crippen LogP contribution in [0.5, 0.6) is 0 Å². The fraction of sp³-hybridized carbons (Fsp3) is 0.577.